The Bertz CT molecular complexity index is 740. The van der Waals surface area contributed by atoms with Gasteiger partial charge in [0.2, 0.25) is 0 Å². The van der Waals surface area contributed by atoms with Crippen LogP contribution >= 0.6 is 0 Å². The molecule has 0 aliphatic carbocycles. The molecular weight excluding hydrogens is 362 g/mol. The lowest BCUT2D eigenvalue weighted by Crippen LogP contribution is -2.82. The van der Waals surface area contributed by atoms with Crippen LogP contribution in [0, 0.1) is 5.92 Å². The Morgan fingerprint density at radius 1 is 1.00 bits per heavy atom. The van der Waals surface area contributed by atoms with Crippen LogP contribution < -0.4 is 14.8 Å². The Hall–Kier alpha value is -2.04. The number of nitrogens with two attached hydrogens (primary N) is 1. The molecule has 2 aromatic rings. The highest BCUT2D eigenvalue weighted by Crippen LogP contribution is 2.40. The lowest BCUT2D eigenvalue weighted by Gasteiger charge is -2.39. The first-order valence-corrected chi connectivity index (χ1v) is 10.7. The third-order valence-electron chi connectivity index (χ3n) is 6.07. The fourth-order valence-corrected chi connectivity index (χ4v) is 4.48. The maximum Gasteiger partial charge on any atom is 0.118 e. The first-order chi connectivity index (χ1) is 14.0. The summed E-state index contributed by atoms with van der Waals surface area (Å²) in [4.78, 5) is 0. The molecule has 158 valence electrons. The van der Waals surface area contributed by atoms with E-state index in [2.05, 4.69) is 55.6 Å². The van der Waals surface area contributed by atoms with Crippen molar-refractivity contribution in [2.75, 3.05) is 27.4 Å². The minimum Gasteiger partial charge on any atom is -0.497 e. The van der Waals surface area contributed by atoms with Gasteiger partial charge in [0.25, 0.3) is 0 Å². The standard InChI is InChI=1S/C25H35NO3/c1-25(2)17-21(14-16-29-25)24(20-7-11-23(28-4)12-8-20)13-15-26-18-19-5-9-22(27-3)10-6-19/h5-12,21,24,26H,13-18H2,1-4H3/p+1/t21-,24-/m1/s1. The molecule has 2 atom stereocenters. The van der Waals surface area contributed by atoms with Gasteiger partial charge in [-0.25, -0.2) is 0 Å². The van der Waals surface area contributed by atoms with Gasteiger partial charge in [0.1, 0.15) is 18.0 Å². The Morgan fingerprint density at radius 2 is 1.62 bits per heavy atom. The molecule has 1 fully saturated rings. The van der Waals surface area contributed by atoms with Gasteiger partial charge in [-0.15, -0.1) is 0 Å². The second-order valence-electron chi connectivity index (χ2n) is 8.66. The van der Waals surface area contributed by atoms with E-state index in [0.29, 0.717) is 11.8 Å². The molecule has 4 heteroatoms. The Kier molecular flexibility index (Phi) is 7.57. The predicted molar refractivity (Wildman–Crippen MR) is 117 cm³/mol. The van der Waals surface area contributed by atoms with Crippen LogP contribution in [0.15, 0.2) is 48.5 Å². The fourth-order valence-electron chi connectivity index (χ4n) is 4.48. The van der Waals surface area contributed by atoms with Gasteiger partial charge >= 0.3 is 0 Å². The second-order valence-corrected chi connectivity index (χ2v) is 8.66. The number of hydrogen-bond acceptors (Lipinski definition) is 3. The maximum atomic E-state index is 5.98. The van der Waals surface area contributed by atoms with E-state index in [9.17, 15) is 0 Å². The summed E-state index contributed by atoms with van der Waals surface area (Å²) in [5, 5.41) is 2.42. The van der Waals surface area contributed by atoms with Crippen molar-refractivity contribution in [1.82, 2.24) is 0 Å². The normalized spacial score (nSPS) is 19.5. The zero-order chi connectivity index (χ0) is 20.7. The molecule has 1 aliphatic heterocycles. The van der Waals surface area contributed by atoms with Crippen LogP contribution in [0.3, 0.4) is 0 Å². The average molecular weight is 399 g/mol. The van der Waals surface area contributed by atoms with Crippen molar-refractivity contribution < 1.29 is 19.5 Å². The first kappa shape index (κ1) is 21.7. The van der Waals surface area contributed by atoms with Crippen molar-refractivity contribution in [3.63, 3.8) is 0 Å². The minimum absolute atomic E-state index is 0.0273. The van der Waals surface area contributed by atoms with Crippen molar-refractivity contribution in [2.24, 2.45) is 5.92 Å². The summed E-state index contributed by atoms with van der Waals surface area (Å²) in [5.41, 5.74) is 2.73. The van der Waals surface area contributed by atoms with Crippen LogP contribution in [0.5, 0.6) is 11.5 Å². The van der Waals surface area contributed by atoms with E-state index in [0.717, 1.165) is 44.0 Å². The monoisotopic (exact) mass is 398 g/mol. The molecule has 1 saturated heterocycles. The molecule has 2 N–H and O–H groups in total. The summed E-state index contributed by atoms with van der Waals surface area (Å²) in [6.45, 7) is 7.42. The molecule has 0 unspecified atom stereocenters. The number of hydrogen-bond donors (Lipinski definition) is 1. The minimum atomic E-state index is -0.0273. The van der Waals surface area contributed by atoms with Crippen LogP contribution in [0.2, 0.25) is 0 Å². The molecule has 0 aromatic heterocycles. The quantitative estimate of drug-likeness (QED) is 0.646. The Labute approximate surface area is 175 Å². The number of benzene rings is 2. The third-order valence-corrected chi connectivity index (χ3v) is 6.07. The van der Waals surface area contributed by atoms with Gasteiger partial charge in [0, 0.05) is 18.6 Å². The molecule has 0 amide bonds. The summed E-state index contributed by atoms with van der Waals surface area (Å²) in [6, 6.07) is 17.0. The van der Waals surface area contributed by atoms with Crippen LogP contribution in [0.1, 0.15) is 50.2 Å². The zero-order valence-electron chi connectivity index (χ0n) is 18.3. The topological polar surface area (TPSA) is 44.3 Å². The van der Waals surface area contributed by atoms with Crippen LogP contribution in [0.25, 0.3) is 0 Å². The van der Waals surface area contributed by atoms with Gasteiger partial charge in [0.05, 0.1) is 26.4 Å². The second kappa shape index (κ2) is 10.1. The van der Waals surface area contributed by atoms with Gasteiger partial charge in [0.15, 0.2) is 0 Å². The number of methoxy groups -OCH3 is 2. The van der Waals surface area contributed by atoms with Crippen molar-refractivity contribution in [2.45, 2.75) is 51.2 Å². The van der Waals surface area contributed by atoms with E-state index in [1.165, 1.54) is 17.5 Å². The molecule has 0 radical (unpaired) electrons. The third kappa shape index (κ3) is 6.22. The summed E-state index contributed by atoms with van der Waals surface area (Å²) in [6.07, 6.45) is 3.42. The van der Waals surface area contributed by atoms with Gasteiger partial charge < -0.3 is 19.5 Å². The van der Waals surface area contributed by atoms with Gasteiger partial charge in [-0.05, 0) is 80.5 Å². The summed E-state index contributed by atoms with van der Waals surface area (Å²) in [7, 11) is 3.43. The van der Waals surface area contributed by atoms with E-state index in [-0.39, 0.29) is 5.60 Å². The van der Waals surface area contributed by atoms with Gasteiger partial charge in [-0.1, -0.05) is 12.1 Å². The first-order valence-electron chi connectivity index (χ1n) is 10.7. The highest BCUT2D eigenvalue weighted by molar-refractivity contribution is 5.30. The van der Waals surface area contributed by atoms with Crippen molar-refractivity contribution >= 4 is 0 Å². The highest BCUT2D eigenvalue weighted by atomic mass is 16.5. The lowest BCUT2D eigenvalue weighted by molar-refractivity contribution is -0.671. The molecule has 1 aliphatic rings. The molecule has 3 rings (SSSR count). The fraction of sp³-hybridized carbons (Fsp3) is 0.520. The molecule has 0 bridgehead atoms. The smallest absolute Gasteiger partial charge is 0.118 e. The van der Waals surface area contributed by atoms with E-state index < -0.39 is 0 Å². The molecule has 0 spiro atoms. The predicted octanol–water partition coefficient (Wildman–Crippen LogP) is 4.15. The summed E-state index contributed by atoms with van der Waals surface area (Å²) >= 11 is 0. The van der Waals surface area contributed by atoms with Gasteiger partial charge in [-0.2, -0.15) is 0 Å². The lowest BCUT2D eigenvalue weighted by atomic mass is 9.75. The number of rotatable bonds is 9. The summed E-state index contributed by atoms with van der Waals surface area (Å²) < 4.78 is 16.6. The molecule has 0 saturated carbocycles. The van der Waals surface area contributed by atoms with E-state index in [1.54, 1.807) is 14.2 Å². The molecular formula is C25H36NO3+. The van der Waals surface area contributed by atoms with Crippen molar-refractivity contribution in [1.29, 1.82) is 0 Å². The molecule has 1 heterocycles. The highest BCUT2D eigenvalue weighted by Gasteiger charge is 2.34. The largest absolute Gasteiger partial charge is 0.497 e. The van der Waals surface area contributed by atoms with E-state index >= 15 is 0 Å². The van der Waals surface area contributed by atoms with Crippen LogP contribution in [0.4, 0.5) is 0 Å². The molecule has 4 nitrogen and oxygen atoms in total. The molecule has 2 aromatic carbocycles. The SMILES string of the molecule is COc1ccc(C[NH2+]CC[C@H](c2ccc(OC)cc2)[C@@H]2CCOC(C)(C)C2)cc1. The van der Waals surface area contributed by atoms with E-state index in [4.69, 9.17) is 14.2 Å². The Balaban J connectivity index is 1.62. The van der Waals surface area contributed by atoms with Gasteiger partial charge in [-0.3, -0.25) is 0 Å². The zero-order valence-corrected chi connectivity index (χ0v) is 18.3. The van der Waals surface area contributed by atoms with Crippen LogP contribution in [-0.4, -0.2) is 33.0 Å². The average Bonchev–Trinajstić information content (AvgIpc) is 2.73. The number of ether oxygens (including phenoxy) is 3. The van der Waals surface area contributed by atoms with E-state index in [1.807, 2.05) is 12.1 Å². The van der Waals surface area contributed by atoms with Crippen molar-refractivity contribution in [3.8, 4) is 11.5 Å². The maximum absolute atomic E-state index is 5.98. The number of quaternary nitrogens is 1. The van der Waals surface area contributed by atoms with Crippen molar-refractivity contribution in [3.05, 3.63) is 59.7 Å². The summed E-state index contributed by atoms with van der Waals surface area (Å²) in [5.74, 6) is 3.04. The Morgan fingerprint density at radius 3 is 2.21 bits per heavy atom. The molecule has 29 heavy (non-hydrogen) atoms. The van der Waals surface area contributed by atoms with Crippen LogP contribution in [-0.2, 0) is 11.3 Å².